The van der Waals surface area contributed by atoms with Gasteiger partial charge in [0.1, 0.15) is 5.82 Å². The Bertz CT molecular complexity index is 692. The minimum atomic E-state index is -1.38. The van der Waals surface area contributed by atoms with Crippen molar-refractivity contribution < 1.29 is 14.3 Å². The summed E-state index contributed by atoms with van der Waals surface area (Å²) in [5.74, 6) is -2.27. The molecule has 20 heavy (non-hydrogen) atoms. The molecular weight excluding hydrogens is 306 g/mol. The van der Waals surface area contributed by atoms with Gasteiger partial charge in [-0.1, -0.05) is 23.2 Å². The summed E-state index contributed by atoms with van der Waals surface area (Å²) >= 11 is 11.7. The van der Waals surface area contributed by atoms with E-state index in [1.807, 2.05) is 0 Å². The first-order valence-electron chi connectivity index (χ1n) is 5.43. The van der Waals surface area contributed by atoms with E-state index in [4.69, 9.17) is 34.0 Å². The van der Waals surface area contributed by atoms with E-state index in [9.17, 15) is 9.18 Å². The van der Waals surface area contributed by atoms with Gasteiger partial charge in [-0.3, -0.25) is 0 Å². The zero-order chi connectivity index (χ0) is 14.9. The van der Waals surface area contributed by atoms with E-state index in [2.05, 4.69) is 5.32 Å². The number of nitrogens with one attached hydrogen (secondary N) is 1. The van der Waals surface area contributed by atoms with Gasteiger partial charge in [0.05, 0.1) is 27.6 Å². The fraction of sp³-hybridized carbons (Fsp3) is 0. The number of carboxylic acid groups (broad SMARTS) is 1. The maximum absolute atomic E-state index is 13.6. The van der Waals surface area contributed by atoms with Crippen molar-refractivity contribution in [1.29, 1.82) is 0 Å². The molecule has 0 aliphatic rings. The van der Waals surface area contributed by atoms with Crippen LogP contribution in [0.1, 0.15) is 10.4 Å². The third-order valence-electron chi connectivity index (χ3n) is 2.57. The summed E-state index contributed by atoms with van der Waals surface area (Å²) in [6.07, 6.45) is 0. The Morgan fingerprint density at radius 3 is 2.50 bits per heavy atom. The summed E-state index contributed by atoms with van der Waals surface area (Å²) in [4.78, 5) is 10.8. The number of aromatic carboxylic acids is 1. The molecule has 0 saturated heterocycles. The number of nitrogen functional groups attached to an aromatic ring is 1. The van der Waals surface area contributed by atoms with Crippen LogP contribution in [0.3, 0.4) is 0 Å². The van der Waals surface area contributed by atoms with Gasteiger partial charge < -0.3 is 16.2 Å². The van der Waals surface area contributed by atoms with Gasteiger partial charge in [0.15, 0.2) is 0 Å². The lowest BCUT2D eigenvalue weighted by atomic mass is 10.1. The van der Waals surface area contributed by atoms with Gasteiger partial charge in [0.2, 0.25) is 0 Å². The molecule has 104 valence electrons. The molecule has 0 amide bonds. The monoisotopic (exact) mass is 314 g/mol. The van der Waals surface area contributed by atoms with Crippen LogP contribution in [0, 0.1) is 5.82 Å². The molecule has 0 aliphatic heterocycles. The normalized spacial score (nSPS) is 10.3. The number of rotatable bonds is 3. The Labute approximate surface area is 123 Å². The zero-order valence-electron chi connectivity index (χ0n) is 9.95. The molecular formula is C13H9Cl2FN2O2. The third kappa shape index (κ3) is 2.95. The summed E-state index contributed by atoms with van der Waals surface area (Å²) in [7, 11) is 0. The first-order valence-corrected chi connectivity index (χ1v) is 6.18. The summed E-state index contributed by atoms with van der Waals surface area (Å²) < 4.78 is 13.6. The van der Waals surface area contributed by atoms with Crippen molar-refractivity contribution in [2.75, 3.05) is 11.1 Å². The Balaban J connectivity index is 2.39. The topological polar surface area (TPSA) is 75.4 Å². The van der Waals surface area contributed by atoms with E-state index in [-0.39, 0.29) is 11.4 Å². The van der Waals surface area contributed by atoms with Gasteiger partial charge in [0, 0.05) is 11.1 Å². The average Bonchev–Trinajstić information content (AvgIpc) is 2.36. The average molecular weight is 315 g/mol. The quantitative estimate of drug-likeness (QED) is 0.744. The maximum atomic E-state index is 13.6. The van der Waals surface area contributed by atoms with Crippen LogP contribution in [-0.4, -0.2) is 11.1 Å². The van der Waals surface area contributed by atoms with E-state index in [0.29, 0.717) is 15.7 Å². The second kappa shape index (κ2) is 5.56. The van der Waals surface area contributed by atoms with Crippen LogP contribution in [0.25, 0.3) is 0 Å². The van der Waals surface area contributed by atoms with Crippen LogP contribution in [0.5, 0.6) is 0 Å². The van der Waals surface area contributed by atoms with Crippen molar-refractivity contribution in [3.8, 4) is 0 Å². The lowest BCUT2D eigenvalue weighted by Crippen LogP contribution is -2.05. The molecule has 0 bridgehead atoms. The molecule has 2 aromatic carbocycles. The Morgan fingerprint density at radius 1 is 1.20 bits per heavy atom. The Morgan fingerprint density at radius 2 is 1.90 bits per heavy atom. The minimum Gasteiger partial charge on any atom is -0.478 e. The largest absolute Gasteiger partial charge is 0.478 e. The van der Waals surface area contributed by atoms with Gasteiger partial charge in [-0.25, -0.2) is 9.18 Å². The molecule has 4 nitrogen and oxygen atoms in total. The van der Waals surface area contributed by atoms with Crippen molar-refractivity contribution in [1.82, 2.24) is 0 Å². The predicted molar refractivity (Wildman–Crippen MR) is 77.5 cm³/mol. The lowest BCUT2D eigenvalue weighted by Gasteiger charge is -2.12. The van der Waals surface area contributed by atoms with Crippen molar-refractivity contribution in [3.05, 3.63) is 51.8 Å². The second-order valence-corrected chi connectivity index (χ2v) is 4.82. The lowest BCUT2D eigenvalue weighted by molar-refractivity contribution is 0.0692. The summed E-state index contributed by atoms with van der Waals surface area (Å²) in [6, 6.07) is 6.78. The molecule has 4 N–H and O–H groups in total. The molecule has 0 radical (unpaired) electrons. The minimum absolute atomic E-state index is 0.0924. The smallest absolute Gasteiger partial charge is 0.338 e. The summed E-state index contributed by atoms with van der Waals surface area (Å²) in [5.41, 5.74) is 5.99. The van der Waals surface area contributed by atoms with Crippen LogP contribution in [0.15, 0.2) is 30.3 Å². The number of carbonyl (C=O) groups is 1. The summed E-state index contributed by atoms with van der Waals surface area (Å²) in [6.45, 7) is 0. The van der Waals surface area contributed by atoms with Crippen LogP contribution < -0.4 is 11.1 Å². The molecule has 7 heteroatoms. The first kappa shape index (κ1) is 14.4. The van der Waals surface area contributed by atoms with Crippen LogP contribution in [0.4, 0.5) is 21.5 Å². The predicted octanol–water partition coefficient (Wildman–Crippen LogP) is 4.16. The molecule has 0 spiro atoms. The van der Waals surface area contributed by atoms with Crippen molar-refractivity contribution in [2.24, 2.45) is 0 Å². The number of carboxylic acids is 1. The molecule has 0 atom stereocenters. The van der Waals surface area contributed by atoms with E-state index in [0.717, 1.165) is 12.1 Å². The third-order valence-corrected chi connectivity index (χ3v) is 3.12. The van der Waals surface area contributed by atoms with Crippen molar-refractivity contribution in [3.63, 3.8) is 0 Å². The molecule has 0 aliphatic carbocycles. The van der Waals surface area contributed by atoms with Crippen LogP contribution in [0.2, 0.25) is 10.0 Å². The van der Waals surface area contributed by atoms with Crippen LogP contribution >= 0.6 is 23.2 Å². The highest BCUT2D eigenvalue weighted by atomic mass is 35.5. The van der Waals surface area contributed by atoms with Gasteiger partial charge in [-0.2, -0.15) is 0 Å². The molecule has 0 heterocycles. The number of anilines is 3. The van der Waals surface area contributed by atoms with Gasteiger partial charge in [-0.15, -0.1) is 0 Å². The number of benzene rings is 2. The molecule has 0 saturated carbocycles. The first-order chi connectivity index (χ1) is 9.38. The summed E-state index contributed by atoms with van der Waals surface area (Å²) in [5, 5.41) is 12.4. The molecule has 0 unspecified atom stereocenters. The van der Waals surface area contributed by atoms with E-state index >= 15 is 0 Å². The highest BCUT2D eigenvalue weighted by Crippen LogP contribution is 2.31. The second-order valence-electron chi connectivity index (χ2n) is 3.97. The van der Waals surface area contributed by atoms with Crippen molar-refractivity contribution in [2.45, 2.75) is 0 Å². The molecule has 0 fully saturated rings. The van der Waals surface area contributed by atoms with E-state index < -0.39 is 17.3 Å². The zero-order valence-corrected chi connectivity index (χ0v) is 11.5. The Hall–Kier alpha value is -1.98. The number of nitrogens with two attached hydrogens (primary N) is 1. The number of halogens is 3. The molecule has 2 rings (SSSR count). The number of hydrogen-bond donors (Lipinski definition) is 3. The van der Waals surface area contributed by atoms with Crippen molar-refractivity contribution >= 4 is 46.2 Å². The maximum Gasteiger partial charge on any atom is 0.338 e. The highest BCUT2D eigenvalue weighted by Gasteiger charge is 2.14. The highest BCUT2D eigenvalue weighted by molar-refractivity contribution is 6.36. The van der Waals surface area contributed by atoms with Gasteiger partial charge in [-0.05, 0) is 24.3 Å². The van der Waals surface area contributed by atoms with E-state index in [1.54, 1.807) is 12.1 Å². The van der Waals surface area contributed by atoms with Gasteiger partial charge >= 0.3 is 5.97 Å². The fourth-order valence-electron chi connectivity index (χ4n) is 1.60. The van der Waals surface area contributed by atoms with Crippen LogP contribution in [-0.2, 0) is 0 Å². The standard InChI is InChI=1S/C13H9Cl2FN2O2/c14-6-1-2-11(8(15)3-6)18-12-5-9(16)7(13(19)20)4-10(12)17/h1-5,18H,17H2,(H,19,20). The van der Waals surface area contributed by atoms with E-state index in [1.165, 1.54) is 6.07 Å². The number of hydrogen-bond acceptors (Lipinski definition) is 3. The van der Waals surface area contributed by atoms with Gasteiger partial charge in [0.25, 0.3) is 0 Å². The SMILES string of the molecule is Nc1cc(C(=O)O)c(F)cc1Nc1ccc(Cl)cc1Cl. The molecule has 0 aromatic heterocycles. The fourth-order valence-corrected chi connectivity index (χ4v) is 2.05. The Kier molecular flexibility index (Phi) is 4.01. The molecule has 2 aromatic rings.